The maximum Gasteiger partial charge on any atom is 0.325 e. The number of urea groups is 1. The number of nitrogens with one attached hydrogen (secondary N) is 2. The summed E-state index contributed by atoms with van der Waals surface area (Å²) < 4.78 is 5.63. The van der Waals surface area contributed by atoms with Crippen molar-refractivity contribution in [3.8, 4) is 5.75 Å². The lowest BCUT2D eigenvalue weighted by molar-refractivity contribution is -0.135. The first-order valence-electron chi connectivity index (χ1n) is 10.6. The van der Waals surface area contributed by atoms with Gasteiger partial charge in [-0.25, -0.2) is 4.79 Å². The number of carbonyl (C=O) groups excluding carboxylic acids is 3. The fourth-order valence-electron chi connectivity index (χ4n) is 4.59. The van der Waals surface area contributed by atoms with Gasteiger partial charge in [0.05, 0.1) is 6.61 Å². The molecule has 1 unspecified atom stereocenters. The normalized spacial score (nSPS) is 22.3. The molecule has 31 heavy (non-hydrogen) atoms. The Morgan fingerprint density at radius 2 is 1.81 bits per heavy atom. The molecule has 2 aromatic carbocycles. The van der Waals surface area contributed by atoms with Gasteiger partial charge in [0, 0.05) is 36.4 Å². The van der Waals surface area contributed by atoms with E-state index in [1.807, 2.05) is 30.3 Å². The first kappa shape index (κ1) is 19.4. The van der Waals surface area contributed by atoms with Crippen molar-refractivity contribution >= 4 is 29.2 Å². The van der Waals surface area contributed by atoms with Crippen LogP contribution in [-0.4, -0.2) is 49.0 Å². The van der Waals surface area contributed by atoms with Gasteiger partial charge in [0.2, 0.25) is 5.91 Å². The Kier molecular flexibility index (Phi) is 4.77. The second-order valence-corrected chi connectivity index (χ2v) is 8.11. The second kappa shape index (κ2) is 7.61. The summed E-state index contributed by atoms with van der Waals surface area (Å²) in [5.74, 6) is -0.269. The summed E-state index contributed by atoms with van der Waals surface area (Å²) in [7, 11) is 0. The number of ether oxygens (including phenoxy) is 1. The standard InChI is InChI=1S/C23H24N4O4/c28-20(24-16-7-9-17(10-8-16)26-12-3-4-13-26)15-27-21(29)23(25-22(27)30)11-14-31-19-6-2-1-5-18(19)23/h1-2,5-10H,3-4,11-15H2,(H,24,28)(H,25,30). The third-order valence-corrected chi connectivity index (χ3v) is 6.18. The molecule has 5 rings (SSSR count). The van der Waals surface area contributed by atoms with E-state index in [-0.39, 0.29) is 6.54 Å². The van der Waals surface area contributed by atoms with Gasteiger partial charge in [0.1, 0.15) is 12.3 Å². The van der Waals surface area contributed by atoms with Crippen molar-refractivity contribution in [2.24, 2.45) is 0 Å². The Balaban J connectivity index is 1.28. The minimum atomic E-state index is -1.18. The molecular weight excluding hydrogens is 396 g/mol. The molecule has 0 saturated carbocycles. The van der Waals surface area contributed by atoms with Crippen LogP contribution in [0.15, 0.2) is 48.5 Å². The maximum atomic E-state index is 13.2. The maximum absolute atomic E-state index is 13.2. The van der Waals surface area contributed by atoms with Crippen molar-refractivity contribution in [2.75, 3.05) is 36.5 Å². The number of carbonyl (C=O) groups is 3. The van der Waals surface area contributed by atoms with Crippen molar-refractivity contribution in [2.45, 2.75) is 24.8 Å². The molecule has 2 fully saturated rings. The molecule has 4 amide bonds. The molecule has 8 nitrogen and oxygen atoms in total. The van der Waals surface area contributed by atoms with Crippen molar-refractivity contribution in [3.05, 3.63) is 54.1 Å². The number of amides is 4. The fourth-order valence-corrected chi connectivity index (χ4v) is 4.59. The predicted octanol–water partition coefficient (Wildman–Crippen LogP) is 2.46. The Labute approximate surface area is 180 Å². The average Bonchev–Trinajstić information content (AvgIpc) is 3.39. The third-order valence-electron chi connectivity index (χ3n) is 6.18. The van der Waals surface area contributed by atoms with Crippen LogP contribution in [0.3, 0.4) is 0 Å². The first-order valence-corrected chi connectivity index (χ1v) is 10.6. The van der Waals surface area contributed by atoms with Crippen molar-refractivity contribution in [1.29, 1.82) is 0 Å². The highest BCUT2D eigenvalue weighted by Crippen LogP contribution is 2.40. The molecule has 8 heteroatoms. The van der Waals surface area contributed by atoms with Crippen molar-refractivity contribution in [1.82, 2.24) is 10.2 Å². The number of hydrogen-bond donors (Lipinski definition) is 2. The van der Waals surface area contributed by atoms with E-state index in [1.54, 1.807) is 18.2 Å². The summed E-state index contributed by atoms with van der Waals surface area (Å²) in [5, 5.41) is 5.59. The van der Waals surface area contributed by atoms with Gasteiger partial charge in [-0.15, -0.1) is 0 Å². The topological polar surface area (TPSA) is 91.0 Å². The first-order chi connectivity index (χ1) is 15.1. The minimum absolute atomic E-state index is 0.312. The molecule has 0 aliphatic carbocycles. The molecule has 3 heterocycles. The van der Waals surface area contributed by atoms with Crippen molar-refractivity contribution < 1.29 is 19.1 Å². The summed E-state index contributed by atoms with van der Waals surface area (Å²) in [6.45, 7) is 2.07. The van der Waals surface area contributed by atoms with Crippen LogP contribution in [0.25, 0.3) is 0 Å². The highest BCUT2D eigenvalue weighted by Gasteiger charge is 2.55. The van der Waals surface area contributed by atoms with Gasteiger partial charge >= 0.3 is 6.03 Å². The number of rotatable bonds is 4. The Morgan fingerprint density at radius 1 is 1.06 bits per heavy atom. The van der Waals surface area contributed by atoms with Crippen LogP contribution in [0.2, 0.25) is 0 Å². The van der Waals surface area contributed by atoms with Gasteiger partial charge in [-0.1, -0.05) is 18.2 Å². The van der Waals surface area contributed by atoms with E-state index in [1.165, 1.54) is 12.8 Å². The molecule has 1 spiro atoms. The lowest BCUT2D eigenvalue weighted by Gasteiger charge is -2.33. The Hall–Kier alpha value is -3.55. The molecule has 3 aliphatic heterocycles. The molecule has 2 aromatic rings. The van der Waals surface area contributed by atoms with E-state index in [0.29, 0.717) is 30.0 Å². The molecule has 0 aromatic heterocycles. The van der Waals surface area contributed by atoms with Crippen LogP contribution in [0.1, 0.15) is 24.8 Å². The van der Waals surface area contributed by atoms with Gasteiger partial charge in [-0.3, -0.25) is 14.5 Å². The number of hydrogen-bond acceptors (Lipinski definition) is 5. The molecule has 160 valence electrons. The van der Waals surface area contributed by atoms with Crippen molar-refractivity contribution in [3.63, 3.8) is 0 Å². The molecule has 2 N–H and O–H groups in total. The number of anilines is 2. The molecule has 3 aliphatic rings. The zero-order chi connectivity index (χ0) is 21.4. The zero-order valence-electron chi connectivity index (χ0n) is 17.1. The number of para-hydroxylation sites is 1. The quantitative estimate of drug-likeness (QED) is 0.742. The van der Waals surface area contributed by atoms with Gasteiger partial charge in [-0.2, -0.15) is 0 Å². The number of imide groups is 1. The van der Waals surface area contributed by atoms with Crippen LogP contribution >= 0.6 is 0 Å². The monoisotopic (exact) mass is 420 g/mol. The SMILES string of the molecule is O=C(CN1C(=O)NC2(CCOc3ccccc32)C1=O)Nc1ccc(N2CCCC2)cc1. The number of benzene rings is 2. The second-order valence-electron chi connectivity index (χ2n) is 8.11. The molecule has 0 radical (unpaired) electrons. The van der Waals surface area contributed by atoms with Crippen LogP contribution < -0.4 is 20.3 Å². The molecule has 1 atom stereocenters. The third kappa shape index (κ3) is 3.37. The van der Waals surface area contributed by atoms with Crippen LogP contribution in [0.5, 0.6) is 5.75 Å². The lowest BCUT2D eigenvalue weighted by Crippen LogP contribution is -2.48. The Morgan fingerprint density at radius 3 is 2.58 bits per heavy atom. The summed E-state index contributed by atoms with van der Waals surface area (Å²) in [5.41, 5.74) is 1.21. The van der Waals surface area contributed by atoms with Crippen LogP contribution in [-0.2, 0) is 15.1 Å². The summed E-state index contributed by atoms with van der Waals surface area (Å²) in [4.78, 5) is 41.7. The van der Waals surface area contributed by atoms with E-state index in [4.69, 9.17) is 4.74 Å². The smallest absolute Gasteiger partial charge is 0.325 e. The van der Waals surface area contributed by atoms with E-state index < -0.39 is 23.4 Å². The zero-order valence-corrected chi connectivity index (χ0v) is 17.1. The Bertz CT molecular complexity index is 1030. The minimum Gasteiger partial charge on any atom is -0.493 e. The molecular formula is C23H24N4O4. The fraction of sp³-hybridized carbons (Fsp3) is 0.348. The van der Waals surface area contributed by atoms with Crippen LogP contribution in [0, 0.1) is 0 Å². The van der Waals surface area contributed by atoms with Gasteiger partial charge in [0.25, 0.3) is 5.91 Å². The molecule has 2 saturated heterocycles. The number of nitrogens with zero attached hydrogens (tertiary/aromatic N) is 2. The van der Waals surface area contributed by atoms with E-state index >= 15 is 0 Å². The highest BCUT2D eigenvalue weighted by molar-refractivity contribution is 6.10. The van der Waals surface area contributed by atoms with E-state index in [2.05, 4.69) is 15.5 Å². The predicted molar refractivity (Wildman–Crippen MR) is 115 cm³/mol. The molecule has 0 bridgehead atoms. The van der Waals surface area contributed by atoms with E-state index in [9.17, 15) is 14.4 Å². The largest absolute Gasteiger partial charge is 0.493 e. The highest BCUT2D eigenvalue weighted by atomic mass is 16.5. The van der Waals surface area contributed by atoms with E-state index in [0.717, 1.165) is 23.7 Å². The van der Waals surface area contributed by atoms with Gasteiger partial charge < -0.3 is 20.3 Å². The van der Waals surface area contributed by atoms with Gasteiger partial charge in [-0.05, 0) is 43.2 Å². The van der Waals surface area contributed by atoms with Crippen LogP contribution in [0.4, 0.5) is 16.2 Å². The summed E-state index contributed by atoms with van der Waals surface area (Å²) >= 11 is 0. The lowest BCUT2D eigenvalue weighted by atomic mass is 9.84. The van der Waals surface area contributed by atoms with Gasteiger partial charge in [0.15, 0.2) is 5.54 Å². The number of fused-ring (bicyclic) bond motifs is 2. The summed E-state index contributed by atoms with van der Waals surface area (Å²) in [6, 6.07) is 14.2. The summed E-state index contributed by atoms with van der Waals surface area (Å²) in [6.07, 6.45) is 2.72. The average molecular weight is 420 g/mol.